The van der Waals surface area contributed by atoms with Crippen LogP contribution >= 0.6 is 11.6 Å². The van der Waals surface area contributed by atoms with Crippen molar-refractivity contribution in [3.8, 4) is 0 Å². The highest BCUT2D eigenvalue weighted by Gasteiger charge is 2.26. The number of rotatable bonds is 5. The molecule has 1 saturated heterocycles. The van der Waals surface area contributed by atoms with Crippen LogP contribution in [0.25, 0.3) is 0 Å². The van der Waals surface area contributed by atoms with Gasteiger partial charge in [0.25, 0.3) is 5.91 Å². The molecule has 2 aliphatic rings. The summed E-state index contributed by atoms with van der Waals surface area (Å²) in [5, 5.41) is 6.63. The fourth-order valence-electron chi connectivity index (χ4n) is 4.13. The van der Waals surface area contributed by atoms with Crippen LogP contribution in [0.1, 0.15) is 34.8 Å². The van der Waals surface area contributed by atoms with Crippen molar-refractivity contribution < 1.29 is 9.59 Å². The van der Waals surface area contributed by atoms with Crippen molar-refractivity contribution in [1.82, 2.24) is 10.2 Å². The summed E-state index contributed by atoms with van der Waals surface area (Å²) >= 11 is 6.45. The second-order valence-electron chi connectivity index (χ2n) is 7.63. The molecule has 0 spiro atoms. The van der Waals surface area contributed by atoms with Crippen molar-refractivity contribution in [3.05, 3.63) is 58.6 Å². The fraction of sp³-hybridized carbons (Fsp3) is 0.364. The van der Waals surface area contributed by atoms with E-state index < -0.39 is 0 Å². The Bertz CT molecular complexity index is 927. The smallest absolute Gasteiger partial charge is 0.251 e. The number of hydrogen-bond acceptors (Lipinski definition) is 4. The molecule has 0 radical (unpaired) electrons. The van der Waals surface area contributed by atoms with Crippen LogP contribution in [0.2, 0.25) is 5.02 Å². The van der Waals surface area contributed by atoms with Crippen molar-refractivity contribution in [2.24, 2.45) is 0 Å². The molecular weight excluding hydrogens is 388 g/mol. The third-order valence-corrected chi connectivity index (χ3v) is 5.97. The first-order valence-corrected chi connectivity index (χ1v) is 10.3. The molecule has 6 nitrogen and oxygen atoms in total. The van der Waals surface area contributed by atoms with Crippen LogP contribution in [0.15, 0.2) is 42.5 Å². The topological polar surface area (TPSA) is 64.7 Å². The lowest BCUT2D eigenvalue weighted by atomic mass is 10.0. The minimum Gasteiger partial charge on any atom is -0.364 e. The number of anilines is 2. The molecular formula is C22H25ClN4O2. The van der Waals surface area contributed by atoms with Crippen LogP contribution in [0.4, 0.5) is 11.4 Å². The summed E-state index contributed by atoms with van der Waals surface area (Å²) < 4.78 is 0. The third kappa shape index (κ3) is 4.23. The molecule has 2 N–H and O–H groups in total. The van der Waals surface area contributed by atoms with E-state index in [1.165, 1.54) is 0 Å². The molecule has 0 unspecified atom stereocenters. The second-order valence-corrected chi connectivity index (χ2v) is 8.03. The number of carbonyl (C=O) groups is 2. The third-order valence-electron chi connectivity index (χ3n) is 5.63. The average molecular weight is 413 g/mol. The molecule has 2 aromatic carbocycles. The number of carbonyl (C=O) groups excluding carboxylic acids is 2. The van der Waals surface area contributed by atoms with Crippen LogP contribution in [-0.2, 0) is 4.79 Å². The number of likely N-dealkylation sites (N-methyl/N-ethyl adjacent to an activating group) is 1. The number of hydrogen-bond donors (Lipinski definition) is 2. The highest BCUT2D eigenvalue weighted by molar-refractivity contribution is 6.31. The molecule has 2 aliphatic heterocycles. The second kappa shape index (κ2) is 8.43. The summed E-state index contributed by atoms with van der Waals surface area (Å²) in [5.74, 6) is -0.239. The standard InChI is InChI=1S/C22H25ClN4O2/c1-26-14-21(28)25-18-12-15(8-9-19(18)26)22(29)24-13-20(27-10-4-5-11-27)16-6-2-3-7-17(16)23/h2-3,6-9,12,20H,4-5,10-11,13-14H2,1H3,(H,24,29)(H,25,28)/t20-/m1/s1. The number of benzene rings is 2. The van der Waals surface area contributed by atoms with Gasteiger partial charge in [0.15, 0.2) is 0 Å². The van der Waals surface area contributed by atoms with Gasteiger partial charge in [-0.05, 0) is 55.8 Å². The van der Waals surface area contributed by atoms with E-state index in [2.05, 4.69) is 15.5 Å². The Labute approximate surface area is 175 Å². The van der Waals surface area contributed by atoms with Gasteiger partial charge in [-0.1, -0.05) is 29.8 Å². The van der Waals surface area contributed by atoms with Gasteiger partial charge in [0.05, 0.1) is 24.0 Å². The molecule has 7 heteroatoms. The maximum absolute atomic E-state index is 12.8. The van der Waals surface area contributed by atoms with Crippen LogP contribution < -0.4 is 15.5 Å². The average Bonchev–Trinajstić information content (AvgIpc) is 3.23. The van der Waals surface area contributed by atoms with E-state index in [0.29, 0.717) is 24.3 Å². The van der Waals surface area contributed by atoms with Crippen molar-refractivity contribution >= 4 is 34.8 Å². The molecule has 0 saturated carbocycles. The van der Waals surface area contributed by atoms with Crippen molar-refractivity contribution in [2.45, 2.75) is 18.9 Å². The number of nitrogens with zero attached hydrogens (tertiary/aromatic N) is 2. The first kappa shape index (κ1) is 19.7. The van der Waals surface area contributed by atoms with Gasteiger partial charge in [0.1, 0.15) is 0 Å². The minimum absolute atomic E-state index is 0.0404. The number of fused-ring (bicyclic) bond motifs is 1. The van der Waals surface area contributed by atoms with Crippen molar-refractivity contribution in [2.75, 3.05) is 43.4 Å². The van der Waals surface area contributed by atoms with Gasteiger partial charge in [-0.25, -0.2) is 0 Å². The highest BCUT2D eigenvalue weighted by Crippen LogP contribution is 2.31. The Kier molecular flexibility index (Phi) is 5.74. The summed E-state index contributed by atoms with van der Waals surface area (Å²) in [7, 11) is 1.86. The van der Waals surface area contributed by atoms with Crippen LogP contribution in [-0.4, -0.2) is 49.9 Å². The number of likely N-dealkylation sites (tertiary alicyclic amines) is 1. The lowest BCUT2D eigenvalue weighted by Gasteiger charge is -2.29. The maximum atomic E-state index is 12.8. The predicted molar refractivity (Wildman–Crippen MR) is 116 cm³/mol. The van der Waals surface area contributed by atoms with Gasteiger partial charge < -0.3 is 15.5 Å². The molecule has 152 valence electrons. The van der Waals surface area contributed by atoms with Gasteiger partial charge in [-0.15, -0.1) is 0 Å². The lowest BCUT2D eigenvalue weighted by Crippen LogP contribution is -2.37. The zero-order chi connectivity index (χ0) is 20.4. The summed E-state index contributed by atoms with van der Waals surface area (Å²) in [6.07, 6.45) is 2.32. The van der Waals surface area contributed by atoms with E-state index in [-0.39, 0.29) is 17.9 Å². The van der Waals surface area contributed by atoms with Gasteiger partial charge >= 0.3 is 0 Å². The molecule has 1 atom stereocenters. The lowest BCUT2D eigenvalue weighted by molar-refractivity contribution is -0.115. The Morgan fingerprint density at radius 3 is 2.72 bits per heavy atom. The molecule has 0 aliphatic carbocycles. The Morgan fingerprint density at radius 1 is 1.21 bits per heavy atom. The quantitative estimate of drug-likeness (QED) is 0.790. The van der Waals surface area contributed by atoms with E-state index in [4.69, 9.17) is 11.6 Å². The summed E-state index contributed by atoms with van der Waals surface area (Å²) in [4.78, 5) is 28.9. The predicted octanol–water partition coefficient (Wildman–Crippen LogP) is 3.30. The molecule has 29 heavy (non-hydrogen) atoms. The molecule has 0 bridgehead atoms. The monoisotopic (exact) mass is 412 g/mol. The fourth-order valence-corrected chi connectivity index (χ4v) is 4.39. The van der Waals surface area contributed by atoms with E-state index in [9.17, 15) is 9.59 Å². The van der Waals surface area contributed by atoms with Crippen LogP contribution in [0.5, 0.6) is 0 Å². The number of nitrogens with one attached hydrogen (secondary N) is 2. The highest BCUT2D eigenvalue weighted by atomic mass is 35.5. The summed E-state index contributed by atoms with van der Waals surface area (Å²) in [6.45, 7) is 2.80. The van der Waals surface area contributed by atoms with E-state index in [0.717, 1.165) is 42.2 Å². The first-order valence-electron chi connectivity index (χ1n) is 9.94. The summed E-state index contributed by atoms with van der Waals surface area (Å²) in [5.41, 5.74) is 3.14. The SMILES string of the molecule is CN1CC(=O)Nc2cc(C(=O)NC[C@H](c3ccccc3Cl)N3CCCC3)ccc21. The van der Waals surface area contributed by atoms with Gasteiger partial charge in [0.2, 0.25) is 5.91 Å². The minimum atomic E-state index is -0.161. The number of amides is 2. The van der Waals surface area contributed by atoms with E-state index in [1.807, 2.05) is 42.3 Å². The molecule has 2 amide bonds. The van der Waals surface area contributed by atoms with Gasteiger partial charge in [0, 0.05) is 24.2 Å². The Hall–Kier alpha value is -2.57. The maximum Gasteiger partial charge on any atom is 0.251 e. The largest absolute Gasteiger partial charge is 0.364 e. The molecule has 0 aromatic heterocycles. The van der Waals surface area contributed by atoms with Gasteiger partial charge in [-0.3, -0.25) is 14.5 Å². The van der Waals surface area contributed by atoms with Gasteiger partial charge in [-0.2, -0.15) is 0 Å². The molecule has 2 heterocycles. The number of halogens is 1. The van der Waals surface area contributed by atoms with Crippen LogP contribution in [0, 0.1) is 0 Å². The molecule has 2 aromatic rings. The molecule has 4 rings (SSSR count). The van der Waals surface area contributed by atoms with E-state index in [1.54, 1.807) is 12.1 Å². The first-order chi connectivity index (χ1) is 14.0. The zero-order valence-electron chi connectivity index (χ0n) is 16.5. The van der Waals surface area contributed by atoms with Crippen molar-refractivity contribution in [1.29, 1.82) is 0 Å². The Balaban J connectivity index is 1.50. The Morgan fingerprint density at radius 2 is 1.97 bits per heavy atom. The normalized spacial score (nSPS) is 17.6. The molecule has 1 fully saturated rings. The van der Waals surface area contributed by atoms with Crippen LogP contribution in [0.3, 0.4) is 0 Å². The van der Waals surface area contributed by atoms with E-state index >= 15 is 0 Å². The van der Waals surface area contributed by atoms with Crippen molar-refractivity contribution in [3.63, 3.8) is 0 Å². The zero-order valence-corrected chi connectivity index (χ0v) is 17.2. The summed E-state index contributed by atoms with van der Waals surface area (Å²) in [6, 6.07) is 13.3.